The molecule has 0 amide bonds. The van der Waals surface area contributed by atoms with Crippen LogP contribution < -0.4 is 26.2 Å². The van der Waals surface area contributed by atoms with Crippen LogP contribution in [0, 0.1) is 23.6 Å². The molecule has 34 heavy (non-hydrogen) atoms. The lowest BCUT2D eigenvalue weighted by molar-refractivity contribution is 0.139. The van der Waals surface area contributed by atoms with Crippen LogP contribution in [0.15, 0.2) is 33.4 Å². The van der Waals surface area contributed by atoms with Crippen LogP contribution in [0.25, 0.3) is 26.6 Å². The van der Waals surface area contributed by atoms with Gasteiger partial charge in [0.25, 0.3) is 0 Å². The average Bonchev–Trinajstić information content (AvgIpc) is 3.50. The van der Waals surface area contributed by atoms with Crippen molar-refractivity contribution in [3.05, 3.63) is 45.0 Å². The molecule has 0 spiro atoms. The fraction of sp³-hybridized carbons (Fsp3) is 0.375. The Balaban J connectivity index is 1.51. The lowest BCUT2D eigenvalue weighted by Gasteiger charge is -2.47. The zero-order valence-corrected chi connectivity index (χ0v) is 19.1. The Morgan fingerprint density at radius 3 is 2.91 bits per heavy atom. The Morgan fingerprint density at radius 1 is 1.41 bits per heavy atom. The predicted octanol–water partition coefficient (Wildman–Crippen LogP) is 3.00. The highest BCUT2D eigenvalue weighted by atomic mass is 32.1. The first-order valence-electron chi connectivity index (χ1n) is 11.3. The minimum atomic E-state index is -1.59. The van der Waals surface area contributed by atoms with Gasteiger partial charge in [0.15, 0.2) is 0 Å². The highest BCUT2D eigenvalue weighted by molar-refractivity contribution is 7.16. The molecule has 4 heterocycles. The summed E-state index contributed by atoms with van der Waals surface area (Å²) < 4.78 is 22.5. The van der Waals surface area contributed by atoms with Gasteiger partial charge in [-0.05, 0) is 30.7 Å². The van der Waals surface area contributed by atoms with Gasteiger partial charge in [-0.25, -0.2) is 9.18 Å². The summed E-state index contributed by atoms with van der Waals surface area (Å²) in [6, 6.07) is 1.21. The van der Waals surface area contributed by atoms with E-state index in [0.717, 1.165) is 12.8 Å². The second-order valence-electron chi connectivity index (χ2n) is 9.69. The maximum Gasteiger partial charge on any atom is 0.511 e. The number of ether oxygens (including phenoxy) is 1. The summed E-state index contributed by atoms with van der Waals surface area (Å²) in [6.45, 7) is 1.33. The third-order valence-corrected chi connectivity index (χ3v) is 9.13. The third-order valence-electron chi connectivity index (χ3n) is 8.20. The van der Waals surface area contributed by atoms with Gasteiger partial charge in [0.1, 0.15) is 10.6 Å². The van der Waals surface area contributed by atoms with Gasteiger partial charge in [0, 0.05) is 37.0 Å². The minimum Gasteiger partial charge on any atom is -0.449 e. The molecule has 10 heteroatoms. The maximum atomic E-state index is 15.9. The Kier molecular flexibility index (Phi) is 3.83. The number of anilines is 1. The largest absolute Gasteiger partial charge is 0.511 e. The summed E-state index contributed by atoms with van der Waals surface area (Å²) in [4.78, 5) is 31.4. The summed E-state index contributed by atoms with van der Waals surface area (Å²) in [5, 5.41) is 12.2. The summed E-state index contributed by atoms with van der Waals surface area (Å²) in [5.41, 5.74) is 7.43. The number of nitrogens with zero attached hydrogens (tertiary/aromatic N) is 3. The van der Waals surface area contributed by atoms with Crippen molar-refractivity contribution in [1.29, 1.82) is 0 Å². The van der Waals surface area contributed by atoms with Crippen molar-refractivity contribution in [2.24, 2.45) is 28.5 Å². The van der Waals surface area contributed by atoms with E-state index >= 15 is 4.39 Å². The van der Waals surface area contributed by atoms with Crippen molar-refractivity contribution < 1.29 is 19.0 Å². The number of benzene rings is 1. The number of carboxylic acid groups (broad SMARTS) is 1. The summed E-state index contributed by atoms with van der Waals surface area (Å²) >= 11 is 1.20. The third kappa shape index (κ3) is 2.32. The molecule has 2 fully saturated rings. The smallest absolute Gasteiger partial charge is 0.449 e. The van der Waals surface area contributed by atoms with Crippen LogP contribution in [0.2, 0.25) is 0 Å². The molecule has 4 unspecified atom stereocenters. The number of allylic oxidation sites excluding steroid dienone is 1. The summed E-state index contributed by atoms with van der Waals surface area (Å²) in [7, 11) is 1.64. The Bertz CT molecular complexity index is 1680. The average molecular weight is 481 g/mol. The first-order valence-corrected chi connectivity index (χ1v) is 12.1. The molecular weight excluding hydrogens is 459 g/mol. The molecule has 1 aliphatic heterocycles. The van der Waals surface area contributed by atoms with Crippen LogP contribution in [-0.4, -0.2) is 41.3 Å². The van der Waals surface area contributed by atoms with E-state index in [2.05, 4.69) is 22.0 Å². The normalized spacial score (nSPS) is 28.7. The second-order valence-corrected chi connectivity index (χ2v) is 10.5. The molecule has 4 atom stereocenters. The van der Waals surface area contributed by atoms with E-state index in [-0.39, 0.29) is 22.6 Å². The molecular formula is C24H21FN4O4S. The Hall–Kier alpha value is -3.24. The second kappa shape index (κ2) is 6.45. The molecule has 0 radical (unpaired) electrons. The van der Waals surface area contributed by atoms with Crippen LogP contribution in [-0.2, 0) is 0 Å². The fourth-order valence-electron chi connectivity index (χ4n) is 6.76. The van der Waals surface area contributed by atoms with Gasteiger partial charge in [0.2, 0.25) is 11.2 Å². The van der Waals surface area contributed by atoms with Crippen molar-refractivity contribution in [3.63, 3.8) is 0 Å². The van der Waals surface area contributed by atoms with Crippen molar-refractivity contribution >= 4 is 49.8 Å². The number of hydrogen-bond donors (Lipinski definition) is 2. The van der Waals surface area contributed by atoms with E-state index in [9.17, 15) is 9.59 Å². The van der Waals surface area contributed by atoms with E-state index in [1.165, 1.54) is 17.4 Å². The van der Waals surface area contributed by atoms with Gasteiger partial charge in [-0.2, -0.15) is 0 Å². The molecule has 1 aromatic carbocycles. The molecule has 3 aromatic heterocycles. The summed E-state index contributed by atoms with van der Waals surface area (Å²) in [5.74, 6) is 0.206. The summed E-state index contributed by atoms with van der Waals surface area (Å²) in [6.07, 6.45) is 4.78. The van der Waals surface area contributed by atoms with Crippen molar-refractivity contribution in [2.45, 2.75) is 18.4 Å². The highest BCUT2D eigenvalue weighted by Crippen LogP contribution is 2.51. The standard InChI is InChI=1S/C24H21FN4O4S/c1-27-17-15-9-34-22-21(33-23(31)32)20(30)11-6-14(25)19(16(17)18(11)29(15)22)28-7-12-10-2-4-24(26,5-3-10)13(12)8-28/h2,4,6,9-10,12-13H,3,5,7-8,26H2,1H3,(H,31,32). The van der Waals surface area contributed by atoms with E-state index in [0.29, 0.717) is 57.2 Å². The molecule has 3 aliphatic carbocycles. The first kappa shape index (κ1) is 20.2. The number of fused-ring (bicyclic) bond motifs is 1. The van der Waals surface area contributed by atoms with Gasteiger partial charge in [-0.15, -0.1) is 11.3 Å². The quantitative estimate of drug-likeness (QED) is 0.337. The predicted molar refractivity (Wildman–Crippen MR) is 127 cm³/mol. The van der Waals surface area contributed by atoms with Crippen molar-refractivity contribution in [1.82, 2.24) is 4.40 Å². The van der Waals surface area contributed by atoms with E-state index in [4.69, 9.17) is 15.6 Å². The number of thiazole rings is 1. The number of halogens is 1. The highest BCUT2D eigenvalue weighted by Gasteiger charge is 2.53. The number of aromatic nitrogens is 1. The molecule has 8 nitrogen and oxygen atoms in total. The number of hydrogen-bond acceptors (Lipinski definition) is 7. The lowest BCUT2D eigenvalue weighted by atomic mass is 9.60. The first-order chi connectivity index (χ1) is 16.3. The van der Waals surface area contributed by atoms with E-state index in [1.54, 1.807) is 16.8 Å². The van der Waals surface area contributed by atoms with Crippen LogP contribution in [0.5, 0.6) is 5.75 Å². The van der Waals surface area contributed by atoms with Crippen LogP contribution >= 0.6 is 11.3 Å². The van der Waals surface area contributed by atoms with E-state index in [1.807, 2.05) is 0 Å². The fourth-order valence-corrected chi connectivity index (χ4v) is 7.74. The van der Waals surface area contributed by atoms with Crippen molar-refractivity contribution in [2.75, 3.05) is 25.0 Å². The van der Waals surface area contributed by atoms with Gasteiger partial charge in [-0.1, -0.05) is 12.2 Å². The molecule has 174 valence electrons. The molecule has 4 aromatic rings. The number of pyridine rings is 1. The number of rotatable bonds is 2. The molecule has 3 N–H and O–H groups in total. The number of carbonyl (C=O) groups is 1. The molecule has 1 saturated heterocycles. The van der Waals surface area contributed by atoms with Gasteiger partial charge >= 0.3 is 6.16 Å². The van der Waals surface area contributed by atoms with Crippen LogP contribution in [0.3, 0.4) is 0 Å². The Labute approximate surface area is 196 Å². The van der Waals surface area contributed by atoms with E-state index < -0.39 is 17.4 Å². The van der Waals surface area contributed by atoms with Gasteiger partial charge in [-0.3, -0.25) is 14.2 Å². The topological polar surface area (TPSA) is 110 Å². The van der Waals surface area contributed by atoms with Crippen LogP contribution in [0.4, 0.5) is 14.9 Å². The monoisotopic (exact) mass is 480 g/mol. The molecule has 4 aliphatic rings. The molecule has 1 saturated carbocycles. The minimum absolute atomic E-state index is 0.0805. The number of nitrogens with two attached hydrogens (primary N) is 1. The van der Waals surface area contributed by atoms with Crippen molar-refractivity contribution in [3.8, 4) is 5.75 Å². The maximum absolute atomic E-state index is 15.9. The van der Waals surface area contributed by atoms with Crippen LogP contribution in [0.1, 0.15) is 12.8 Å². The zero-order chi connectivity index (χ0) is 23.5. The van der Waals surface area contributed by atoms with Gasteiger partial charge < -0.3 is 20.5 Å². The SMILES string of the molecule is CN=c1c2c(N3CC4C5C=CC(N)(CC5)C4C3)c(F)cc3c(=O)c(OC(=O)O)c4scc1n4c32. The lowest BCUT2D eigenvalue weighted by Crippen LogP contribution is -2.55. The zero-order valence-electron chi connectivity index (χ0n) is 18.2. The Morgan fingerprint density at radius 2 is 2.24 bits per heavy atom. The molecule has 8 rings (SSSR count). The van der Waals surface area contributed by atoms with Gasteiger partial charge in [0.05, 0.1) is 32.9 Å². The molecule has 2 bridgehead atoms.